The van der Waals surface area contributed by atoms with E-state index in [9.17, 15) is 9.59 Å². The molecule has 0 radical (unpaired) electrons. The van der Waals surface area contributed by atoms with Crippen LogP contribution in [0.15, 0.2) is 22.0 Å². The Hall–Kier alpha value is -3.98. The Morgan fingerprint density at radius 2 is 1.12 bits per heavy atom. The molecule has 6 aromatic heterocycles. The Kier molecular flexibility index (Phi) is 8.29. The van der Waals surface area contributed by atoms with Crippen LogP contribution in [0, 0.1) is 0 Å². The number of likely N-dealkylation sites (tertiary alicyclic amines) is 2. The van der Waals surface area contributed by atoms with Gasteiger partial charge in [0.25, 0.3) is 11.1 Å². The molecule has 6 aromatic rings. The minimum Gasteiger partial charge on any atom is -0.309 e. The second kappa shape index (κ2) is 13.0. The van der Waals surface area contributed by atoms with E-state index >= 15 is 0 Å². The fourth-order valence-corrected chi connectivity index (χ4v) is 10.9. The quantitative estimate of drug-likeness (QED) is 0.188. The molecule has 0 aromatic carbocycles. The number of fused-ring (bicyclic) bond motifs is 10. The minimum absolute atomic E-state index is 0.0105. The molecule has 0 bridgehead atoms. The first-order chi connectivity index (χ1) is 24.4. The van der Waals surface area contributed by atoms with Gasteiger partial charge in [-0.1, -0.05) is 0 Å². The Morgan fingerprint density at radius 1 is 0.660 bits per heavy atom. The molecule has 260 valence electrons. The predicted molar refractivity (Wildman–Crippen MR) is 199 cm³/mol. The minimum atomic E-state index is 0.0105. The highest BCUT2D eigenvalue weighted by Gasteiger charge is 2.28. The maximum Gasteiger partial charge on any atom is 0.268 e. The molecular weight excluding hydrogens is 669 g/mol. The molecule has 10 rings (SSSR count). The van der Waals surface area contributed by atoms with Crippen LogP contribution < -0.4 is 11.1 Å². The number of likely N-dealkylation sites (N-methyl/N-ethyl adjacent to an activating group) is 2. The van der Waals surface area contributed by atoms with E-state index in [0.29, 0.717) is 11.8 Å². The average molecular weight is 711 g/mol. The highest BCUT2D eigenvalue weighted by molar-refractivity contribution is 7.22. The van der Waals surface area contributed by atoms with Gasteiger partial charge in [0.1, 0.15) is 21.0 Å². The molecule has 2 atom stereocenters. The number of hydrogen-bond donors (Lipinski definition) is 4. The first kappa shape index (κ1) is 32.0. The zero-order chi connectivity index (χ0) is 33.9. The number of rotatable bonds is 2. The second-order valence-electron chi connectivity index (χ2n) is 14.5. The van der Waals surface area contributed by atoms with Crippen molar-refractivity contribution in [3.8, 4) is 20.9 Å². The summed E-state index contributed by atoms with van der Waals surface area (Å²) in [5.74, 6) is 2.37. The number of hydrogen-bond acceptors (Lipinski definition) is 10. The summed E-state index contributed by atoms with van der Waals surface area (Å²) < 4.78 is 1.51. The third-order valence-electron chi connectivity index (χ3n) is 11.0. The highest BCUT2D eigenvalue weighted by Crippen LogP contribution is 2.42. The molecule has 0 amide bonds. The fourth-order valence-electron chi connectivity index (χ4n) is 8.45. The van der Waals surface area contributed by atoms with E-state index in [0.717, 1.165) is 134 Å². The van der Waals surface area contributed by atoms with Gasteiger partial charge in [-0.3, -0.25) is 19.8 Å². The summed E-state index contributed by atoms with van der Waals surface area (Å²) in [6, 6.07) is 0. The fraction of sp³-hybridized carbons (Fsp3) is 0.500. The van der Waals surface area contributed by atoms with Crippen LogP contribution in [0.4, 0.5) is 0 Å². The highest BCUT2D eigenvalue weighted by atomic mass is 32.1. The Labute approximate surface area is 296 Å². The number of piperidine rings is 2. The van der Waals surface area contributed by atoms with Crippen LogP contribution >= 0.6 is 22.7 Å². The van der Waals surface area contributed by atoms with Gasteiger partial charge in [0, 0.05) is 57.2 Å². The zero-order valence-electron chi connectivity index (χ0n) is 28.5. The van der Waals surface area contributed by atoms with Crippen molar-refractivity contribution >= 4 is 43.1 Å². The van der Waals surface area contributed by atoms with Crippen LogP contribution in [0.5, 0.6) is 0 Å². The monoisotopic (exact) mass is 710 g/mol. The molecule has 2 aliphatic heterocycles. The van der Waals surface area contributed by atoms with Gasteiger partial charge in [-0.25, -0.2) is 9.97 Å². The molecule has 50 heavy (non-hydrogen) atoms. The van der Waals surface area contributed by atoms with Crippen LogP contribution in [0.25, 0.3) is 41.3 Å². The molecule has 4 aliphatic rings. The van der Waals surface area contributed by atoms with Gasteiger partial charge in [0.05, 0.1) is 23.4 Å². The third-order valence-corrected chi connectivity index (χ3v) is 13.5. The number of aromatic amines is 4. The van der Waals surface area contributed by atoms with Crippen molar-refractivity contribution in [3.63, 3.8) is 0 Å². The van der Waals surface area contributed by atoms with Crippen LogP contribution in [0.3, 0.4) is 0 Å². The van der Waals surface area contributed by atoms with Crippen molar-refractivity contribution in [1.82, 2.24) is 50.1 Å². The van der Waals surface area contributed by atoms with Gasteiger partial charge >= 0.3 is 0 Å². The Bertz CT molecular complexity index is 2160. The lowest BCUT2D eigenvalue weighted by molar-refractivity contribution is 0.246. The normalized spacial score (nSPS) is 21.1. The number of thiophene rings is 2. The van der Waals surface area contributed by atoms with Crippen LogP contribution in [-0.4, -0.2) is 90.4 Å². The Morgan fingerprint density at radius 3 is 1.56 bits per heavy atom. The smallest absolute Gasteiger partial charge is 0.268 e. The van der Waals surface area contributed by atoms with Crippen molar-refractivity contribution in [2.24, 2.45) is 0 Å². The third kappa shape index (κ3) is 5.66. The lowest BCUT2D eigenvalue weighted by Crippen LogP contribution is -2.32. The maximum absolute atomic E-state index is 12.8. The molecular formula is C36H42N10O2S2. The summed E-state index contributed by atoms with van der Waals surface area (Å²) in [5, 5.41) is 14.6. The standard InChI is InChI=1S/2C18H21N5OS/c2*1-23-7-3-4-10(9-23)17-20-14-11-5-2-6-13-12(8-19-22-13)15(11)25-16(14)18(24)21-17/h2*8,10H,2-7,9H2,1H3,(H,19,22)(H,20,21,24)/t2*10-/m10/s1. The lowest BCUT2D eigenvalue weighted by atomic mass is 9.97. The number of H-pyrrole nitrogens is 4. The van der Waals surface area contributed by atoms with Gasteiger partial charge in [-0.2, -0.15) is 10.2 Å². The van der Waals surface area contributed by atoms with Gasteiger partial charge < -0.3 is 19.8 Å². The van der Waals surface area contributed by atoms with E-state index in [1.165, 1.54) is 32.3 Å². The van der Waals surface area contributed by atoms with Crippen LogP contribution in [0.1, 0.15) is 84.5 Å². The molecule has 12 nitrogen and oxygen atoms in total. The van der Waals surface area contributed by atoms with Crippen molar-refractivity contribution in [1.29, 1.82) is 0 Å². The number of nitrogens with zero attached hydrogens (tertiary/aromatic N) is 6. The maximum atomic E-state index is 12.8. The summed E-state index contributed by atoms with van der Waals surface area (Å²) in [5.41, 5.74) is 8.97. The van der Waals surface area contributed by atoms with Crippen molar-refractivity contribution < 1.29 is 0 Å². The Balaban J connectivity index is 0.000000135. The van der Waals surface area contributed by atoms with Crippen molar-refractivity contribution in [2.45, 2.75) is 76.0 Å². The molecule has 0 spiro atoms. The molecule has 14 heteroatoms. The number of aromatic nitrogens is 8. The summed E-state index contributed by atoms with van der Waals surface area (Å²) >= 11 is 3.13. The summed E-state index contributed by atoms with van der Waals surface area (Å²) in [4.78, 5) is 48.6. The molecule has 2 saturated heterocycles. The molecule has 4 N–H and O–H groups in total. The van der Waals surface area contributed by atoms with Gasteiger partial charge in [-0.15, -0.1) is 22.7 Å². The van der Waals surface area contributed by atoms with Crippen molar-refractivity contribution in [3.05, 3.63) is 67.3 Å². The summed E-state index contributed by atoms with van der Waals surface area (Å²) in [6.07, 6.45) is 14.3. The number of aryl methyl sites for hydroxylation is 4. The van der Waals surface area contributed by atoms with E-state index in [-0.39, 0.29) is 11.1 Å². The first-order valence-corrected chi connectivity index (χ1v) is 19.6. The molecule has 2 fully saturated rings. The summed E-state index contributed by atoms with van der Waals surface area (Å²) in [6.45, 7) is 4.18. The van der Waals surface area contributed by atoms with Gasteiger partial charge in [0.2, 0.25) is 0 Å². The zero-order valence-corrected chi connectivity index (χ0v) is 30.2. The van der Waals surface area contributed by atoms with E-state index in [2.05, 4.69) is 54.3 Å². The molecule has 0 unspecified atom stereocenters. The molecule has 2 aliphatic carbocycles. The van der Waals surface area contributed by atoms with E-state index in [1.54, 1.807) is 22.7 Å². The van der Waals surface area contributed by atoms with Gasteiger partial charge in [-0.05, 0) is 103 Å². The van der Waals surface area contributed by atoms with Crippen molar-refractivity contribution in [2.75, 3.05) is 40.3 Å². The van der Waals surface area contributed by atoms with Crippen LogP contribution in [0.2, 0.25) is 0 Å². The lowest BCUT2D eigenvalue weighted by Gasteiger charge is -2.28. The average Bonchev–Trinajstić information content (AvgIpc) is 3.89. The van der Waals surface area contributed by atoms with E-state index in [4.69, 9.17) is 9.97 Å². The second-order valence-corrected chi connectivity index (χ2v) is 16.6. The van der Waals surface area contributed by atoms with E-state index < -0.39 is 0 Å². The molecule has 8 heterocycles. The van der Waals surface area contributed by atoms with E-state index in [1.807, 2.05) is 12.4 Å². The first-order valence-electron chi connectivity index (χ1n) is 17.9. The van der Waals surface area contributed by atoms with Gasteiger partial charge in [0.15, 0.2) is 0 Å². The molecule has 0 saturated carbocycles. The largest absolute Gasteiger partial charge is 0.309 e. The number of nitrogens with one attached hydrogen (secondary N) is 4. The topological polar surface area (TPSA) is 155 Å². The van der Waals surface area contributed by atoms with Crippen LogP contribution in [-0.2, 0) is 25.7 Å². The summed E-state index contributed by atoms with van der Waals surface area (Å²) in [7, 11) is 4.28. The predicted octanol–water partition coefficient (Wildman–Crippen LogP) is 5.35. The SMILES string of the molecule is CN1CCC[C@@H](c2nc3c4c(sc3c(=O)[nH]2)-c2cn[nH]c2CCC4)C1.CN1CCC[C@H](c2nc3c4c(sc3c(=O)[nH]2)-c2cn[nH]c2CCC4)C1.